The third-order valence-electron chi connectivity index (χ3n) is 5.06. The molecule has 0 saturated heterocycles. The van der Waals surface area contributed by atoms with Gasteiger partial charge in [-0.25, -0.2) is 8.42 Å². The number of hydrogen-bond acceptors (Lipinski definition) is 6. The largest absolute Gasteiger partial charge is 0.744 e. The molecule has 0 atom stereocenters. The number of hydrogen-bond donors (Lipinski definition) is 1. The molecule has 8 heteroatoms. The van der Waals surface area contributed by atoms with Crippen molar-refractivity contribution in [3.05, 3.63) is 95.1 Å². The third-order valence-corrected chi connectivity index (χ3v) is 6.21. The van der Waals surface area contributed by atoms with E-state index in [2.05, 4.69) is 10.2 Å². The molecule has 0 aliphatic rings. The Balaban J connectivity index is 0.000000205. The molecule has 3 aromatic carbocycles. The van der Waals surface area contributed by atoms with Gasteiger partial charge >= 0.3 is 0 Å². The summed E-state index contributed by atoms with van der Waals surface area (Å²) in [5.74, 6) is 5.80. The molecule has 0 unspecified atom stereocenters. The lowest BCUT2D eigenvalue weighted by Crippen LogP contribution is -2.52. The molecule has 0 spiro atoms. The molecular weight excluding hydrogens is 436 g/mol. The molecule has 0 aliphatic heterocycles. The van der Waals surface area contributed by atoms with Crippen molar-refractivity contribution in [2.24, 2.45) is 0 Å². The zero-order valence-corrected chi connectivity index (χ0v) is 19.8. The summed E-state index contributed by atoms with van der Waals surface area (Å²) in [6.45, 7) is 7.14. The average Bonchev–Trinajstić information content (AvgIpc) is 2.75. The van der Waals surface area contributed by atoms with Crippen LogP contribution in [-0.2, 0) is 10.1 Å². The second kappa shape index (κ2) is 9.89. The number of benzene rings is 3. The van der Waals surface area contributed by atoms with Crippen molar-refractivity contribution in [1.29, 1.82) is 0 Å². The monoisotopic (exact) mass is 462 g/mol. The van der Waals surface area contributed by atoms with E-state index in [-0.39, 0.29) is 4.90 Å². The molecule has 0 fully saturated rings. The molecule has 0 bridgehead atoms. The second-order valence-corrected chi connectivity index (χ2v) is 9.07. The fraction of sp³-hybridized carbons (Fsp3) is 0.160. The number of nitrogens with two attached hydrogens (primary N) is 1. The molecule has 0 radical (unpaired) electrons. The molecule has 1 aromatic heterocycles. The lowest BCUT2D eigenvalue weighted by Gasteiger charge is -2.14. The fourth-order valence-corrected chi connectivity index (χ4v) is 4.70. The smallest absolute Gasteiger partial charge is 0.149 e. The van der Waals surface area contributed by atoms with Crippen molar-refractivity contribution in [2.45, 2.75) is 32.6 Å². The van der Waals surface area contributed by atoms with Gasteiger partial charge in [-0.15, -0.1) is 0 Å². The maximum Gasteiger partial charge on any atom is 0.149 e. The Labute approximate surface area is 194 Å². The highest BCUT2D eigenvalue weighted by Crippen LogP contribution is 2.26. The summed E-state index contributed by atoms with van der Waals surface area (Å²) in [6, 6.07) is 23.4. The number of aryl methyl sites for hydroxylation is 3. The van der Waals surface area contributed by atoms with E-state index < -0.39 is 10.1 Å². The van der Waals surface area contributed by atoms with Crippen molar-refractivity contribution in [1.82, 2.24) is 10.2 Å². The Hall–Kier alpha value is -3.62. The van der Waals surface area contributed by atoms with Crippen LogP contribution in [-0.4, -0.2) is 23.2 Å². The minimum atomic E-state index is -4.33. The lowest BCUT2D eigenvalue weighted by molar-refractivity contribution is -0.756. The molecule has 4 rings (SSSR count). The topological polar surface area (TPSA) is 113 Å². The van der Waals surface area contributed by atoms with Gasteiger partial charge in [0.2, 0.25) is 0 Å². The van der Waals surface area contributed by atoms with Crippen LogP contribution in [0.3, 0.4) is 0 Å². The van der Waals surface area contributed by atoms with E-state index in [0.29, 0.717) is 11.1 Å². The van der Waals surface area contributed by atoms with Crippen LogP contribution in [0.1, 0.15) is 22.3 Å². The van der Waals surface area contributed by atoms with E-state index in [1.165, 1.54) is 0 Å². The van der Waals surface area contributed by atoms with Crippen LogP contribution in [0.5, 0.6) is 0 Å². The van der Waals surface area contributed by atoms with Crippen LogP contribution in [0, 0.1) is 27.7 Å². The van der Waals surface area contributed by atoms with Gasteiger partial charge in [0.25, 0.3) is 0 Å². The standard InChI is InChI=1S/C16H15N4.C9H12O3S/c1-12-15(13-8-4-2-5-9-13)18-20(17)19-16(12)14-10-6-3-7-11-14;1-6-4-7(2)9(8(3)5-6)13(10,11)12/h2-11H,1H3,(H2,17,18,19);4-5H,1-3H3,(H,10,11,12)/q+1;/p-1. The summed E-state index contributed by atoms with van der Waals surface area (Å²) >= 11 is 0. The van der Waals surface area contributed by atoms with Gasteiger partial charge in [-0.05, 0) is 38.8 Å². The average molecular weight is 463 g/mol. The van der Waals surface area contributed by atoms with E-state index in [0.717, 1.165) is 38.5 Å². The highest BCUT2D eigenvalue weighted by atomic mass is 32.2. The molecule has 1 heterocycles. The minimum Gasteiger partial charge on any atom is -0.744 e. The zero-order valence-electron chi connectivity index (χ0n) is 19.0. The highest BCUT2D eigenvalue weighted by molar-refractivity contribution is 7.85. The molecule has 4 aromatic rings. The first kappa shape index (κ1) is 24.0. The molecule has 0 saturated carbocycles. The lowest BCUT2D eigenvalue weighted by atomic mass is 10.0. The van der Waals surface area contributed by atoms with Crippen molar-refractivity contribution in [3.8, 4) is 22.5 Å². The van der Waals surface area contributed by atoms with E-state index in [1.807, 2.05) is 74.5 Å². The molecule has 0 amide bonds. The zero-order chi connectivity index (χ0) is 24.2. The summed E-state index contributed by atoms with van der Waals surface area (Å²) in [4.78, 5) is 1.05. The quantitative estimate of drug-likeness (QED) is 0.283. The third kappa shape index (κ3) is 5.79. The number of nitrogen functional groups attached to an aromatic ring is 1. The Morgan fingerprint density at radius 1 is 0.758 bits per heavy atom. The van der Waals surface area contributed by atoms with E-state index in [1.54, 1.807) is 26.0 Å². The van der Waals surface area contributed by atoms with Crippen LogP contribution in [0.15, 0.2) is 77.7 Å². The van der Waals surface area contributed by atoms with Gasteiger partial charge in [-0.3, -0.25) is 0 Å². The maximum atomic E-state index is 10.8. The highest BCUT2D eigenvalue weighted by Gasteiger charge is 2.18. The van der Waals surface area contributed by atoms with E-state index >= 15 is 0 Å². The van der Waals surface area contributed by atoms with Crippen LogP contribution in [0.4, 0.5) is 0 Å². The normalized spacial score (nSPS) is 10.9. The van der Waals surface area contributed by atoms with Gasteiger partial charge in [-0.2, -0.15) is 5.84 Å². The van der Waals surface area contributed by atoms with Crippen molar-refractivity contribution in [3.63, 3.8) is 0 Å². The Kier molecular flexibility index (Phi) is 7.20. The predicted octanol–water partition coefficient (Wildman–Crippen LogP) is 3.64. The first-order valence-electron chi connectivity index (χ1n) is 10.3. The van der Waals surface area contributed by atoms with E-state index in [4.69, 9.17) is 5.84 Å². The second-order valence-electron chi connectivity index (χ2n) is 7.76. The molecule has 7 nitrogen and oxygen atoms in total. The van der Waals surface area contributed by atoms with Gasteiger partial charge in [0.05, 0.1) is 15.1 Å². The summed E-state index contributed by atoms with van der Waals surface area (Å²) in [7, 11) is -4.33. The fourth-order valence-electron chi connectivity index (χ4n) is 3.79. The number of nitrogens with zero attached hydrogens (tertiary/aromatic N) is 3. The molecule has 0 aliphatic carbocycles. The van der Waals surface area contributed by atoms with Crippen LogP contribution in [0.2, 0.25) is 0 Å². The molecule has 170 valence electrons. The molecular formula is C25H26N4O3S. The summed E-state index contributed by atoms with van der Waals surface area (Å²) < 4.78 is 32.5. The van der Waals surface area contributed by atoms with E-state index in [9.17, 15) is 13.0 Å². The summed E-state index contributed by atoms with van der Waals surface area (Å²) in [6.07, 6.45) is 0. The Bertz CT molecular complexity index is 1290. The Morgan fingerprint density at radius 3 is 1.52 bits per heavy atom. The molecule has 33 heavy (non-hydrogen) atoms. The van der Waals surface area contributed by atoms with Gasteiger partial charge < -0.3 is 4.55 Å². The van der Waals surface area contributed by atoms with Crippen molar-refractivity contribution < 1.29 is 17.9 Å². The van der Waals surface area contributed by atoms with Crippen LogP contribution >= 0.6 is 0 Å². The number of rotatable bonds is 3. The SMILES string of the molecule is Cc1c(-c2ccccc2)n[n+](N)nc1-c1ccccc1.Cc1cc(C)c(S(=O)(=O)[O-])c(C)c1. The van der Waals surface area contributed by atoms with Crippen molar-refractivity contribution in [2.75, 3.05) is 5.84 Å². The molecule has 2 N–H and O–H groups in total. The first-order chi connectivity index (χ1) is 15.6. The van der Waals surface area contributed by atoms with Gasteiger partial charge in [-0.1, -0.05) is 78.4 Å². The maximum absolute atomic E-state index is 10.8. The Morgan fingerprint density at radius 2 is 1.15 bits per heavy atom. The summed E-state index contributed by atoms with van der Waals surface area (Å²) in [5.41, 5.74) is 6.78. The van der Waals surface area contributed by atoms with Crippen LogP contribution < -0.4 is 10.7 Å². The number of aromatic nitrogens is 3. The van der Waals surface area contributed by atoms with Crippen LogP contribution in [0.25, 0.3) is 22.5 Å². The predicted molar refractivity (Wildman–Crippen MR) is 127 cm³/mol. The summed E-state index contributed by atoms with van der Waals surface area (Å²) in [5, 5.41) is 8.62. The van der Waals surface area contributed by atoms with Crippen molar-refractivity contribution >= 4 is 10.1 Å². The minimum absolute atomic E-state index is 0.0851. The first-order valence-corrected chi connectivity index (χ1v) is 11.7. The van der Waals surface area contributed by atoms with Gasteiger partial charge in [0.1, 0.15) is 26.4 Å². The van der Waals surface area contributed by atoms with Gasteiger partial charge in [0.15, 0.2) is 0 Å². The van der Waals surface area contributed by atoms with Gasteiger partial charge in [0, 0.05) is 16.7 Å².